The minimum atomic E-state index is -0.0348. The highest BCUT2D eigenvalue weighted by Crippen LogP contribution is 2.23. The van der Waals surface area contributed by atoms with Gasteiger partial charge in [-0.1, -0.05) is 19.1 Å². The topological polar surface area (TPSA) is 46.1 Å². The van der Waals surface area contributed by atoms with E-state index in [0.29, 0.717) is 0 Å². The van der Waals surface area contributed by atoms with E-state index in [-0.39, 0.29) is 5.91 Å². The number of anilines is 1. The van der Waals surface area contributed by atoms with Crippen LogP contribution in [0.5, 0.6) is 0 Å². The molecule has 1 aliphatic heterocycles. The van der Waals surface area contributed by atoms with Crippen molar-refractivity contribution < 1.29 is 4.79 Å². The number of aryl methyl sites for hydroxylation is 1. The lowest BCUT2D eigenvalue weighted by Crippen LogP contribution is -2.26. The molecule has 2 heterocycles. The van der Waals surface area contributed by atoms with Crippen LogP contribution < -0.4 is 10.6 Å². The van der Waals surface area contributed by atoms with Gasteiger partial charge in [-0.3, -0.25) is 4.79 Å². The standard InChI is InChI=1S/C17H21N3O/c1-2-10-20-11-4-7-16(20)17(21)19-15-6-3-5-13-8-9-18-12-14(13)15/h3-7,11,18H,2,8-10,12H2,1H3,(H,19,21). The number of carbonyl (C=O) groups excluding carboxylic acids is 1. The van der Waals surface area contributed by atoms with Gasteiger partial charge >= 0.3 is 0 Å². The normalized spacial score (nSPS) is 13.8. The summed E-state index contributed by atoms with van der Waals surface area (Å²) in [6.07, 6.45) is 3.99. The van der Waals surface area contributed by atoms with E-state index in [1.807, 2.05) is 35.0 Å². The second-order valence-electron chi connectivity index (χ2n) is 5.41. The first-order chi connectivity index (χ1) is 10.3. The van der Waals surface area contributed by atoms with E-state index < -0.39 is 0 Å². The Morgan fingerprint density at radius 1 is 1.33 bits per heavy atom. The molecule has 4 heteroatoms. The largest absolute Gasteiger partial charge is 0.344 e. The predicted octanol–water partition coefficient (Wildman–Crippen LogP) is 2.80. The van der Waals surface area contributed by atoms with Gasteiger partial charge in [-0.05, 0) is 48.7 Å². The van der Waals surface area contributed by atoms with Gasteiger partial charge in [0.15, 0.2) is 0 Å². The van der Waals surface area contributed by atoms with E-state index in [1.165, 1.54) is 11.1 Å². The molecule has 2 aromatic rings. The second kappa shape index (κ2) is 6.14. The first kappa shape index (κ1) is 13.9. The fourth-order valence-electron chi connectivity index (χ4n) is 2.87. The molecule has 0 bridgehead atoms. The zero-order valence-corrected chi connectivity index (χ0v) is 12.4. The summed E-state index contributed by atoms with van der Waals surface area (Å²) in [7, 11) is 0. The number of nitrogens with zero attached hydrogens (tertiary/aromatic N) is 1. The number of carbonyl (C=O) groups is 1. The van der Waals surface area contributed by atoms with Crippen LogP contribution >= 0.6 is 0 Å². The highest BCUT2D eigenvalue weighted by molar-refractivity contribution is 6.03. The molecule has 0 atom stereocenters. The fraction of sp³-hybridized carbons (Fsp3) is 0.353. The molecular formula is C17H21N3O. The van der Waals surface area contributed by atoms with Crippen molar-refractivity contribution in [2.24, 2.45) is 0 Å². The number of amides is 1. The SMILES string of the molecule is CCCn1cccc1C(=O)Nc1cccc2c1CNCC2. The maximum absolute atomic E-state index is 12.5. The van der Waals surface area contributed by atoms with Gasteiger partial charge in [0.1, 0.15) is 5.69 Å². The van der Waals surface area contributed by atoms with Gasteiger partial charge in [0.2, 0.25) is 0 Å². The van der Waals surface area contributed by atoms with Crippen LogP contribution in [0.25, 0.3) is 0 Å². The molecule has 110 valence electrons. The Labute approximate surface area is 125 Å². The van der Waals surface area contributed by atoms with Crippen molar-refractivity contribution in [3.8, 4) is 0 Å². The van der Waals surface area contributed by atoms with E-state index in [4.69, 9.17) is 0 Å². The van der Waals surface area contributed by atoms with Gasteiger partial charge in [0.05, 0.1) is 0 Å². The van der Waals surface area contributed by atoms with E-state index in [1.54, 1.807) is 0 Å². The number of rotatable bonds is 4. The summed E-state index contributed by atoms with van der Waals surface area (Å²) >= 11 is 0. The molecule has 0 aliphatic carbocycles. The summed E-state index contributed by atoms with van der Waals surface area (Å²) < 4.78 is 2.00. The van der Waals surface area contributed by atoms with Crippen molar-refractivity contribution in [2.45, 2.75) is 32.9 Å². The summed E-state index contributed by atoms with van der Waals surface area (Å²) in [6.45, 7) is 4.80. The Hall–Kier alpha value is -2.07. The number of benzene rings is 1. The van der Waals surface area contributed by atoms with Crippen LogP contribution in [0.1, 0.15) is 35.0 Å². The molecule has 1 aliphatic rings. The van der Waals surface area contributed by atoms with Crippen LogP contribution in [-0.2, 0) is 19.5 Å². The monoisotopic (exact) mass is 283 g/mol. The molecule has 0 fully saturated rings. The third-order valence-electron chi connectivity index (χ3n) is 3.92. The van der Waals surface area contributed by atoms with Crippen molar-refractivity contribution in [1.82, 2.24) is 9.88 Å². The molecule has 2 N–H and O–H groups in total. The molecule has 21 heavy (non-hydrogen) atoms. The summed E-state index contributed by atoms with van der Waals surface area (Å²) in [4.78, 5) is 12.5. The minimum Gasteiger partial charge on any atom is -0.344 e. The van der Waals surface area contributed by atoms with Gasteiger partial charge in [0, 0.05) is 25.0 Å². The average molecular weight is 283 g/mol. The molecular weight excluding hydrogens is 262 g/mol. The molecule has 0 spiro atoms. The molecule has 0 unspecified atom stereocenters. The van der Waals surface area contributed by atoms with Crippen molar-refractivity contribution in [1.29, 1.82) is 0 Å². The number of hydrogen-bond acceptors (Lipinski definition) is 2. The third kappa shape index (κ3) is 2.85. The number of nitrogens with one attached hydrogen (secondary N) is 2. The summed E-state index contributed by atoms with van der Waals surface area (Å²) in [5.74, 6) is -0.0348. The first-order valence-electron chi connectivity index (χ1n) is 7.57. The van der Waals surface area contributed by atoms with Crippen molar-refractivity contribution >= 4 is 11.6 Å². The number of aromatic nitrogens is 1. The zero-order valence-electron chi connectivity index (χ0n) is 12.4. The Morgan fingerprint density at radius 2 is 2.24 bits per heavy atom. The highest BCUT2D eigenvalue weighted by Gasteiger charge is 2.16. The summed E-state index contributed by atoms with van der Waals surface area (Å²) in [6, 6.07) is 9.94. The van der Waals surface area contributed by atoms with E-state index in [0.717, 1.165) is 43.9 Å². The molecule has 1 aromatic heterocycles. The molecule has 0 saturated heterocycles. The maximum atomic E-state index is 12.5. The van der Waals surface area contributed by atoms with Crippen LogP contribution in [0.3, 0.4) is 0 Å². The smallest absolute Gasteiger partial charge is 0.272 e. The lowest BCUT2D eigenvalue weighted by atomic mass is 9.99. The molecule has 3 rings (SSSR count). The number of fused-ring (bicyclic) bond motifs is 1. The lowest BCUT2D eigenvalue weighted by molar-refractivity contribution is 0.101. The lowest BCUT2D eigenvalue weighted by Gasteiger charge is -2.20. The fourth-order valence-corrected chi connectivity index (χ4v) is 2.87. The molecule has 0 radical (unpaired) electrons. The van der Waals surface area contributed by atoms with Crippen LogP contribution in [0, 0.1) is 0 Å². The van der Waals surface area contributed by atoms with E-state index in [9.17, 15) is 4.79 Å². The molecule has 1 aromatic carbocycles. The van der Waals surface area contributed by atoms with E-state index in [2.05, 4.69) is 23.6 Å². The van der Waals surface area contributed by atoms with Crippen LogP contribution in [-0.4, -0.2) is 17.0 Å². The number of hydrogen-bond donors (Lipinski definition) is 2. The molecule has 1 amide bonds. The second-order valence-corrected chi connectivity index (χ2v) is 5.41. The van der Waals surface area contributed by atoms with Gasteiger partial charge in [-0.2, -0.15) is 0 Å². The Morgan fingerprint density at radius 3 is 3.10 bits per heavy atom. The summed E-state index contributed by atoms with van der Waals surface area (Å²) in [5.41, 5.74) is 4.19. The average Bonchev–Trinajstić information content (AvgIpc) is 2.96. The van der Waals surface area contributed by atoms with Gasteiger partial charge in [-0.25, -0.2) is 0 Å². The van der Waals surface area contributed by atoms with Crippen molar-refractivity contribution in [2.75, 3.05) is 11.9 Å². The van der Waals surface area contributed by atoms with Crippen LogP contribution in [0.15, 0.2) is 36.5 Å². The highest BCUT2D eigenvalue weighted by atomic mass is 16.1. The third-order valence-corrected chi connectivity index (χ3v) is 3.92. The van der Waals surface area contributed by atoms with Crippen LogP contribution in [0.2, 0.25) is 0 Å². The van der Waals surface area contributed by atoms with Gasteiger partial charge < -0.3 is 15.2 Å². The zero-order chi connectivity index (χ0) is 14.7. The first-order valence-corrected chi connectivity index (χ1v) is 7.57. The quantitative estimate of drug-likeness (QED) is 0.906. The Balaban J connectivity index is 1.83. The van der Waals surface area contributed by atoms with Gasteiger partial charge in [-0.15, -0.1) is 0 Å². The van der Waals surface area contributed by atoms with Crippen molar-refractivity contribution in [3.63, 3.8) is 0 Å². The Bertz CT molecular complexity index is 645. The minimum absolute atomic E-state index is 0.0348. The summed E-state index contributed by atoms with van der Waals surface area (Å²) in [5, 5.41) is 6.44. The van der Waals surface area contributed by atoms with Crippen molar-refractivity contribution in [3.05, 3.63) is 53.3 Å². The van der Waals surface area contributed by atoms with E-state index >= 15 is 0 Å². The maximum Gasteiger partial charge on any atom is 0.272 e. The van der Waals surface area contributed by atoms with Crippen LogP contribution in [0.4, 0.5) is 5.69 Å². The molecule has 4 nitrogen and oxygen atoms in total. The Kier molecular flexibility index (Phi) is 4.06. The molecule has 0 saturated carbocycles. The predicted molar refractivity (Wildman–Crippen MR) is 84.5 cm³/mol. The van der Waals surface area contributed by atoms with Gasteiger partial charge in [0.25, 0.3) is 5.91 Å².